The van der Waals surface area contributed by atoms with Crippen molar-refractivity contribution in [2.45, 2.75) is 38.6 Å². The van der Waals surface area contributed by atoms with Gasteiger partial charge in [-0.25, -0.2) is 0 Å². The van der Waals surface area contributed by atoms with Crippen molar-refractivity contribution in [2.24, 2.45) is 5.92 Å². The summed E-state index contributed by atoms with van der Waals surface area (Å²) in [4.78, 5) is 0. The van der Waals surface area contributed by atoms with Crippen LogP contribution in [0.15, 0.2) is 30.3 Å². The van der Waals surface area contributed by atoms with Crippen LogP contribution in [0.25, 0.3) is 0 Å². The van der Waals surface area contributed by atoms with Gasteiger partial charge in [-0.15, -0.1) is 0 Å². The Morgan fingerprint density at radius 2 is 1.89 bits per heavy atom. The Morgan fingerprint density at radius 3 is 2.67 bits per heavy atom. The zero-order valence-electron chi connectivity index (χ0n) is 11.2. The molecule has 0 aromatic heterocycles. The van der Waals surface area contributed by atoms with Gasteiger partial charge in [0.05, 0.1) is 0 Å². The van der Waals surface area contributed by atoms with E-state index in [4.69, 9.17) is 4.74 Å². The highest BCUT2D eigenvalue weighted by Crippen LogP contribution is 2.24. The molecule has 0 saturated heterocycles. The number of benzene rings is 1. The van der Waals surface area contributed by atoms with Crippen LogP contribution in [-0.2, 0) is 11.3 Å². The molecule has 0 atom stereocenters. The molecule has 1 aliphatic carbocycles. The largest absolute Gasteiger partial charge is 0.381 e. The maximum Gasteiger partial charge on any atom is 0.0494 e. The van der Waals surface area contributed by atoms with Crippen molar-refractivity contribution in [2.75, 3.05) is 19.8 Å². The fraction of sp³-hybridized carbons (Fsp3) is 0.625. The highest BCUT2D eigenvalue weighted by atomic mass is 16.5. The molecule has 0 unspecified atom stereocenters. The lowest BCUT2D eigenvalue weighted by molar-refractivity contribution is 0.0993. The van der Waals surface area contributed by atoms with Gasteiger partial charge in [-0.1, -0.05) is 43.2 Å². The highest BCUT2D eigenvalue weighted by Gasteiger charge is 2.14. The third-order valence-corrected chi connectivity index (χ3v) is 3.64. The maximum atomic E-state index is 5.73. The summed E-state index contributed by atoms with van der Waals surface area (Å²) in [5, 5.41) is 3.45. The number of hydrogen-bond acceptors (Lipinski definition) is 2. The molecule has 0 bridgehead atoms. The zero-order valence-corrected chi connectivity index (χ0v) is 11.2. The molecular formula is C16H25NO. The molecule has 2 heteroatoms. The highest BCUT2D eigenvalue weighted by molar-refractivity contribution is 5.14. The zero-order chi connectivity index (χ0) is 12.5. The first-order chi connectivity index (χ1) is 8.95. The summed E-state index contributed by atoms with van der Waals surface area (Å²) in [7, 11) is 0. The molecule has 1 fully saturated rings. The lowest BCUT2D eigenvalue weighted by Crippen LogP contribution is -2.17. The maximum absolute atomic E-state index is 5.73. The summed E-state index contributed by atoms with van der Waals surface area (Å²) in [5.74, 6) is 0.849. The summed E-state index contributed by atoms with van der Waals surface area (Å²) in [6.45, 7) is 3.89. The SMILES string of the molecule is c1ccc(CNCCCOCC2CCCC2)cc1. The van der Waals surface area contributed by atoms with Crippen molar-refractivity contribution >= 4 is 0 Å². The first-order valence-corrected chi connectivity index (χ1v) is 7.27. The van der Waals surface area contributed by atoms with Crippen molar-refractivity contribution in [3.05, 3.63) is 35.9 Å². The van der Waals surface area contributed by atoms with Crippen LogP contribution < -0.4 is 5.32 Å². The van der Waals surface area contributed by atoms with Crippen molar-refractivity contribution in [3.63, 3.8) is 0 Å². The molecule has 0 amide bonds. The van der Waals surface area contributed by atoms with Gasteiger partial charge in [0, 0.05) is 19.8 Å². The van der Waals surface area contributed by atoms with E-state index in [2.05, 4.69) is 35.6 Å². The molecule has 18 heavy (non-hydrogen) atoms. The second-order valence-electron chi connectivity index (χ2n) is 5.24. The monoisotopic (exact) mass is 247 g/mol. The number of ether oxygens (including phenoxy) is 1. The minimum absolute atomic E-state index is 0.849. The Kier molecular flexibility index (Phi) is 6.24. The minimum atomic E-state index is 0.849. The van der Waals surface area contributed by atoms with Crippen molar-refractivity contribution in [1.82, 2.24) is 5.32 Å². The average molecular weight is 247 g/mol. The van der Waals surface area contributed by atoms with Gasteiger partial charge in [0.25, 0.3) is 0 Å². The van der Waals surface area contributed by atoms with Crippen LogP contribution >= 0.6 is 0 Å². The van der Waals surface area contributed by atoms with Crippen LogP contribution in [0.4, 0.5) is 0 Å². The molecule has 0 aliphatic heterocycles. The van der Waals surface area contributed by atoms with Crippen molar-refractivity contribution < 1.29 is 4.74 Å². The predicted molar refractivity (Wildman–Crippen MR) is 75.5 cm³/mol. The lowest BCUT2D eigenvalue weighted by Gasteiger charge is -2.10. The summed E-state index contributed by atoms with van der Waals surface area (Å²) in [5.41, 5.74) is 1.35. The smallest absolute Gasteiger partial charge is 0.0494 e. The van der Waals surface area contributed by atoms with E-state index in [0.717, 1.165) is 38.6 Å². The molecule has 0 heterocycles. The Labute approximate surface area is 111 Å². The van der Waals surface area contributed by atoms with Crippen molar-refractivity contribution in [1.29, 1.82) is 0 Å². The van der Waals surface area contributed by atoms with Crippen LogP contribution in [0, 0.1) is 5.92 Å². The second-order valence-corrected chi connectivity index (χ2v) is 5.24. The molecule has 2 rings (SSSR count). The Bertz CT molecular complexity index is 306. The van der Waals surface area contributed by atoms with E-state index in [1.807, 2.05) is 0 Å². The van der Waals surface area contributed by atoms with E-state index in [0.29, 0.717) is 0 Å². The van der Waals surface area contributed by atoms with Gasteiger partial charge in [0.15, 0.2) is 0 Å². The number of hydrogen-bond donors (Lipinski definition) is 1. The predicted octanol–water partition coefficient (Wildman–Crippen LogP) is 3.37. The fourth-order valence-electron chi connectivity index (χ4n) is 2.55. The molecule has 1 saturated carbocycles. The molecule has 0 radical (unpaired) electrons. The Morgan fingerprint density at radius 1 is 1.11 bits per heavy atom. The summed E-state index contributed by atoms with van der Waals surface area (Å²) in [6, 6.07) is 10.5. The van der Waals surface area contributed by atoms with Crippen LogP contribution in [0.3, 0.4) is 0 Å². The topological polar surface area (TPSA) is 21.3 Å². The van der Waals surface area contributed by atoms with Crippen molar-refractivity contribution in [3.8, 4) is 0 Å². The molecule has 1 N–H and O–H groups in total. The van der Waals surface area contributed by atoms with E-state index in [1.165, 1.54) is 31.2 Å². The van der Waals surface area contributed by atoms with E-state index in [-0.39, 0.29) is 0 Å². The van der Waals surface area contributed by atoms with Gasteiger partial charge >= 0.3 is 0 Å². The molecular weight excluding hydrogens is 222 g/mol. The summed E-state index contributed by atoms with van der Waals surface area (Å²) in [6.07, 6.45) is 6.69. The van der Waals surface area contributed by atoms with Gasteiger partial charge < -0.3 is 10.1 Å². The molecule has 0 spiro atoms. The normalized spacial score (nSPS) is 16.2. The summed E-state index contributed by atoms with van der Waals surface area (Å²) >= 11 is 0. The Hall–Kier alpha value is -0.860. The number of nitrogens with one attached hydrogen (secondary N) is 1. The van der Waals surface area contributed by atoms with Crippen LogP contribution in [0.1, 0.15) is 37.7 Å². The fourth-order valence-corrected chi connectivity index (χ4v) is 2.55. The molecule has 100 valence electrons. The summed E-state index contributed by atoms with van der Waals surface area (Å²) < 4.78 is 5.73. The van der Waals surface area contributed by atoms with Gasteiger partial charge in [-0.3, -0.25) is 0 Å². The molecule has 1 aliphatic rings. The lowest BCUT2D eigenvalue weighted by atomic mass is 10.1. The van der Waals surface area contributed by atoms with Crippen LogP contribution in [0.2, 0.25) is 0 Å². The molecule has 1 aromatic rings. The van der Waals surface area contributed by atoms with Gasteiger partial charge in [-0.2, -0.15) is 0 Å². The van der Waals surface area contributed by atoms with E-state index < -0.39 is 0 Å². The van der Waals surface area contributed by atoms with E-state index in [1.54, 1.807) is 0 Å². The van der Waals surface area contributed by atoms with E-state index in [9.17, 15) is 0 Å². The second kappa shape index (κ2) is 8.28. The minimum Gasteiger partial charge on any atom is -0.381 e. The first-order valence-electron chi connectivity index (χ1n) is 7.27. The third-order valence-electron chi connectivity index (χ3n) is 3.64. The standard InChI is InChI=1S/C16H25NO/c1-2-7-15(8-3-1)13-17-11-6-12-18-14-16-9-4-5-10-16/h1-3,7-8,16-17H,4-6,9-14H2. The molecule has 2 nitrogen and oxygen atoms in total. The van der Waals surface area contributed by atoms with E-state index >= 15 is 0 Å². The third kappa shape index (κ3) is 5.19. The van der Waals surface area contributed by atoms with Gasteiger partial charge in [-0.05, 0) is 37.3 Å². The first kappa shape index (κ1) is 13.6. The quantitative estimate of drug-likeness (QED) is 0.711. The van der Waals surface area contributed by atoms with Crippen LogP contribution in [0.5, 0.6) is 0 Å². The molecule has 1 aromatic carbocycles. The van der Waals surface area contributed by atoms with Gasteiger partial charge in [0.2, 0.25) is 0 Å². The van der Waals surface area contributed by atoms with Gasteiger partial charge in [0.1, 0.15) is 0 Å². The average Bonchev–Trinajstić information content (AvgIpc) is 2.92. The van der Waals surface area contributed by atoms with Crippen LogP contribution in [-0.4, -0.2) is 19.8 Å². The Balaban J connectivity index is 1.42. The number of rotatable bonds is 8.